The van der Waals surface area contributed by atoms with Gasteiger partial charge in [-0.2, -0.15) is 0 Å². The molecule has 2 aromatic rings. The molecule has 2 bridgehead atoms. The van der Waals surface area contributed by atoms with Crippen LogP contribution < -0.4 is 0 Å². The Labute approximate surface area is 220 Å². The first-order chi connectivity index (χ1) is 18.0. The number of benzene rings is 1. The van der Waals surface area contributed by atoms with E-state index < -0.39 is 41.7 Å². The summed E-state index contributed by atoms with van der Waals surface area (Å²) in [7, 11) is 0. The number of aliphatic hydroxyl groups is 3. The van der Waals surface area contributed by atoms with Crippen molar-refractivity contribution in [1.29, 1.82) is 0 Å². The van der Waals surface area contributed by atoms with Gasteiger partial charge in [0.05, 0.1) is 23.9 Å². The van der Waals surface area contributed by atoms with Gasteiger partial charge in [0.25, 0.3) is 0 Å². The minimum Gasteiger partial charge on any atom is -0.450 e. The maximum Gasteiger partial charge on any atom is 0.359 e. The van der Waals surface area contributed by atoms with Crippen molar-refractivity contribution in [3.63, 3.8) is 0 Å². The van der Waals surface area contributed by atoms with Gasteiger partial charge in [0.15, 0.2) is 23.2 Å². The van der Waals surface area contributed by atoms with E-state index in [4.69, 9.17) is 4.74 Å². The van der Waals surface area contributed by atoms with Crippen LogP contribution in [0.5, 0.6) is 0 Å². The van der Waals surface area contributed by atoms with E-state index >= 15 is 0 Å². The van der Waals surface area contributed by atoms with Gasteiger partial charge in [-0.15, -0.1) is 5.10 Å². The number of aromatic nitrogens is 3. The number of carbonyl (C=O) groups is 2. The Kier molecular flexibility index (Phi) is 5.41. The van der Waals surface area contributed by atoms with Crippen LogP contribution in [-0.4, -0.2) is 66.5 Å². The van der Waals surface area contributed by atoms with Gasteiger partial charge in [0, 0.05) is 5.92 Å². The number of carbonyl (C=O) groups excluding carboxylic acids is 2. The van der Waals surface area contributed by atoms with E-state index in [1.54, 1.807) is 43.3 Å². The molecular weight excluding hydrogens is 486 g/mol. The van der Waals surface area contributed by atoms with Crippen molar-refractivity contribution in [2.24, 2.45) is 34.5 Å². The minimum atomic E-state index is -2.20. The van der Waals surface area contributed by atoms with E-state index in [-0.39, 0.29) is 40.2 Å². The fourth-order valence-corrected chi connectivity index (χ4v) is 7.90. The fourth-order valence-electron chi connectivity index (χ4n) is 7.90. The molecule has 0 aliphatic heterocycles. The van der Waals surface area contributed by atoms with Crippen LogP contribution in [0.4, 0.5) is 0 Å². The predicted octanol–water partition coefficient (Wildman–Crippen LogP) is 2.26. The number of ether oxygens (including phenoxy) is 1. The van der Waals surface area contributed by atoms with Crippen molar-refractivity contribution < 1.29 is 29.6 Å². The van der Waals surface area contributed by atoms with Crippen LogP contribution in [0.25, 0.3) is 5.69 Å². The van der Waals surface area contributed by atoms with E-state index in [2.05, 4.69) is 24.2 Å². The van der Waals surface area contributed by atoms with E-state index in [9.17, 15) is 24.9 Å². The molecule has 9 heteroatoms. The van der Waals surface area contributed by atoms with Gasteiger partial charge in [-0.1, -0.05) is 56.3 Å². The number of hydrogen-bond donors (Lipinski definition) is 3. The number of rotatable bonds is 4. The highest BCUT2D eigenvalue weighted by atomic mass is 16.6. The van der Waals surface area contributed by atoms with Gasteiger partial charge in [-0.05, 0) is 59.8 Å². The summed E-state index contributed by atoms with van der Waals surface area (Å²) in [6.45, 7) is 7.39. The number of para-hydroxylation sites is 1. The molecule has 1 aromatic carbocycles. The third-order valence-corrected chi connectivity index (χ3v) is 9.88. The van der Waals surface area contributed by atoms with Gasteiger partial charge in [0.2, 0.25) is 0 Å². The summed E-state index contributed by atoms with van der Waals surface area (Å²) in [6.07, 6.45) is 2.39. The smallest absolute Gasteiger partial charge is 0.359 e. The van der Waals surface area contributed by atoms with Gasteiger partial charge in [-0.3, -0.25) is 4.79 Å². The van der Waals surface area contributed by atoms with Crippen molar-refractivity contribution in [3.8, 4) is 5.69 Å². The number of ketones is 1. The summed E-state index contributed by atoms with van der Waals surface area (Å²) in [5.74, 6) is -1.58. The zero-order chi connectivity index (χ0) is 27.2. The maximum absolute atomic E-state index is 14.4. The van der Waals surface area contributed by atoms with Crippen LogP contribution in [0.3, 0.4) is 0 Å². The Morgan fingerprint density at radius 3 is 2.63 bits per heavy atom. The second-order valence-electron chi connectivity index (χ2n) is 12.0. The third kappa shape index (κ3) is 3.03. The van der Waals surface area contributed by atoms with Crippen molar-refractivity contribution in [2.45, 2.75) is 51.9 Å². The first-order valence-electron chi connectivity index (χ1n) is 13.1. The average Bonchev–Trinajstić information content (AvgIpc) is 3.20. The second-order valence-corrected chi connectivity index (χ2v) is 12.0. The molecule has 8 atom stereocenters. The van der Waals surface area contributed by atoms with E-state index in [0.29, 0.717) is 17.7 Å². The normalized spacial score (nSPS) is 38.8. The lowest BCUT2D eigenvalue weighted by Crippen LogP contribution is -2.65. The maximum atomic E-state index is 14.4. The zero-order valence-electron chi connectivity index (χ0n) is 21.9. The number of aliphatic hydroxyl groups excluding tert-OH is 2. The molecule has 2 saturated carbocycles. The monoisotopic (exact) mass is 519 g/mol. The highest BCUT2D eigenvalue weighted by molar-refractivity contribution is 5.96. The average molecular weight is 520 g/mol. The van der Waals surface area contributed by atoms with Gasteiger partial charge >= 0.3 is 5.97 Å². The highest BCUT2D eigenvalue weighted by Crippen LogP contribution is 2.71. The summed E-state index contributed by atoms with van der Waals surface area (Å²) < 4.78 is 7.28. The number of fused-ring (bicyclic) bond motifs is 3. The lowest BCUT2D eigenvalue weighted by molar-refractivity contribution is -0.190. The van der Waals surface area contributed by atoms with Gasteiger partial charge in [0.1, 0.15) is 6.10 Å². The second kappa shape index (κ2) is 8.18. The number of esters is 1. The van der Waals surface area contributed by atoms with Gasteiger partial charge < -0.3 is 20.1 Å². The summed E-state index contributed by atoms with van der Waals surface area (Å²) >= 11 is 0. The molecule has 0 amide bonds. The molecule has 3 N–H and O–H groups in total. The Morgan fingerprint density at radius 1 is 1.24 bits per heavy atom. The van der Waals surface area contributed by atoms with Crippen molar-refractivity contribution in [1.82, 2.24) is 15.0 Å². The van der Waals surface area contributed by atoms with E-state index in [1.165, 1.54) is 10.9 Å². The molecule has 38 heavy (non-hydrogen) atoms. The molecule has 0 radical (unpaired) electrons. The molecular formula is C29H33N3O6. The number of Topliss-reactive ketones (excluding diaryl/α,β-unsaturated/α-hetero) is 1. The van der Waals surface area contributed by atoms with Crippen LogP contribution >= 0.6 is 0 Å². The summed E-state index contributed by atoms with van der Waals surface area (Å²) in [5, 5.41) is 42.3. The van der Waals surface area contributed by atoms with Crippen LogP contribution in [0, 0.1) is 34.5 Å². The first-order valence-corrected chi connectivity index (χ1v) is 13.1. The molecule has 4 aliphatic rings. The summed E-state index contributed by atoms with van der Waals surface area (Å²) in [5.41, 5.74) is -2.46. The Morgan fingerprint density at radius 2 is 1.95 bits per heavy atom. The standard InChI is InChI=1S/C29H33N3O6/c1-15-12-28-16(2)10-20-22(27(20,3)4)19(24(28)35)11-17(14-33)23(34)29(28,37)25(15)38-26(36)21-13-30-31-32(21)18-8-6-5-7-9-18/h5-9,11-13,16,19-20,22-23,25,33-34,37H,10,14H2,1-4H3/t16-,19+,20-,22+,23-,25+,28+,29+/m1/s1. The molecule has 1 spiro atoms. The lowest BCUT2D eigenvalue weighted by Gasteiger charge is -2.48. The SMILES string of the molecule is CC1=C[C@]23C(=O)[C@@H](C=C(CO)[C@@H](O)[C@]2(O)[C@H]1OC(=O)c1cnnn1-c1ccccc1)[C@H]1[C@@H](C[C@H]3C)C1(C)C. The van der Waals surface area contributed by atoms with E-state index in [0.717, 1.165) is 0 Å². The molecule has 9 nitrogen and oxygen atoms in total. The number of allylic oxidation sites excluding steroid dienone is 1. The topological polar surface area (TPSA) is 135 Å². The molecule has 1 aromatic heterocycles. The molecule has 0 unspecified atom stereocenters. The minimum absolute atomic E-state index is 0.0377. The lowest BCUT2D eigenvalue weighted by atomic mass is 9.59. The Bertz CT molecular complexity index is 1380. The quantitative estimate of drug-likeness (QED) is 0.414. The van der Waals surface area contributed by atoms with Crippen LogP contribution in [-0.2, 0) is 9.53 Å². The first kappa shape index (κ1) is 25.2. The summed E-state index contributed by atoms with van der Waals surface area (Å²) in [6, 6.07) is 8.97. The molecule has 6 rings (SSSR count). The molecule has 200 valence electrons. The van der Waals surface area contributed by atoms with Crippen molar-refractivity contribution >= 4 is 11.8 Å². The summed E-state index contributed by atoms with van der Waals surface area (Å²) in [4.78, 5) is 28.0. The largest absolute Gasteiger partial charge is 0.450 e. The zero-order valence-corrected chi connectivity index (χ0v) is 21.9. The third-order valence-electron chi connectivity index (χ3n) is 9.88. The van der Waals surface area contributed by atoms with Crippen LogP contribution in [0.1, 0.15) is 44.6 Å². The number of hydrogen-bond acceptors (Lipinski definition) is 8. The highest BCUT2D eigenvalue weighted by Gasteiger charge is 2.76. The van der Waals surface area contributed by atoms with Crippen molar-refractivity contribution in [3.05, 3.63) is 65.5 Å². The molecule has 4 aliphatic carbocycles. The van der Waals surface area contributed by atoms with Gasteiger partial charge in [-0.25, -0.2) is 9.48 Å². The molecule has 0 saturated heterocycles. The molecule has 2 fully saturated rings. The van der Waals surface area contributed by atoms with Crippen LogP contribution in [0.15, 0.2) is 59.8 Å². The Balaban J connectivity index is 1.44. The Hall–Kier alpha value is -3.14. The predicted molar refractivity (Wildman–Crippen MR) is 136 cm³/mol. The van der Waals surface area contributed by atoms with Crippen LogP contribution in [0.2, 0.25) is 0 Å². The fraction of sp³-hybridized carbons (Fsp3) is 0.517. The van der Waals surface area contributed by atoms with Crippen molar-refractivity contribution in [2.75, 3.05) is 6.61 Å². The molecule has 1 heterocycles. The number of nitrogens with zero attached hydrogens (tertiary/aromatic N) is 3. The van der Waals surface area contributed by atoms with E-state index in [1.807, 2.05) is 13.0 Å².